The van der Waals surface area contributed by atoms with Gasteiger partial charge in [-0.3, -0.25) is 14.2 Å². The molecule has 0 aliphatic heterocycles. The van der Waals surface area contributed by atoms with Crippen LogP contribution in [0, 0.1) is 13.8 Å². The van der Waals surface area contributed by atoms with Gasteiger partial charge < -0.3 is 5.32 Å². The van der Waals surface area contributed by atoms with Crippen molar-refractivity contribution in [2.75, 3.05) is 0 Å². The zero-order valence-electron chi connectivity index (χ0n) is 13.0. The van der Waals surface area contributed by atoms with Gasteiger partial charge in [0.05, 0.1) is 33.1 Å². The minimum absolute atomic E-state index is 0.125. The van der Waals surface area contributed by atoms with Gasteiger partial charge in [0.15, 0.2) is 0 Å². The minimum atomic E-state index is -0.432. The quantitative estimate of drug-likeness (QED) is 0.856. The Morgan fingerprint density at radius 3 is 2.64 bits per heavy atom. The first-order chi connectivity index (χ1) is 10.3. The fourth-order valence-electron chi connectivity index (χ4n) is 2.17. The summed E-state index contributed by atoms with van der Waals surface area (Å²) in [5.41, 5.74) is 2.32. The second kappa shape index (κ2) is 6.83. The Hall–Kier alpha value is -1.34. The molecule has 0 aliphatic rings. The highest BCUT2D eigenvalue weighted by molar-refractivity contribution is 9.10. The summed E-state index contributed by atoms with van der Waals surface area (Å²) in [7, 11) is 0. The molecule has 0 aromatic carbocycles. The van der Waals surface area contributed by atoms with Gasteiger partial charge in [-0.1, -0.05) is 11.6 Å². The van der Waals surface area contributed by atoms with Crippen molar-refractivity contribution in [3.05, 3.63) is 32.8 Å². The molecule has 0 aliphatic carbocycles. The number of aryl methyl sites for hydroxylation is 2. The maximum Gasteiger partial charge on any atom is 0.244 e. The number of carbonyl (C=O) groups is 1. The predicted octanol–water partition coefficient (Wildman–Crippen LogP) is 3.01. The van der Waals surface area contributed by atoms with Crippen LogP contribution in [0.25, 0.3) is 0 Å². The number of carbonyl (C=O) groups excluding carboxylic acids is 1. The minimum Gasteiger partial charge on any atom is -0.348 e. The lowest BCUT2D eigenvalue weighted by molar-refractivity contribution is -0.124. The van der Waals surface area contributed by atoms with E-state index in [9.17, 15) is 4.79 Å². The Morgan fingerprint density at radius 2 is 2.14 bits per heavy atom. The standard InChI is InChI=1S/C14H19BrClN5O/c1-5-20-7-11(15)12(19-20)6-17-14(22)10(4)21-9(3)13(16)8(2)18-21/h7,10H,5-6H2,1-4H3,(H,17,22). The van der Waals surface area contributed by atoms with Crippen LogP contribution in [0.15, 0.2) is 10.7 Å². The van der Waals surface area contributed by atoms with Gasteiger partial charge >= 0.3 is 0 Å². The number of hydrogen-bond acceptors (Lipinski definition) is 3. The lowest BCUT2D eigenvalue weighted by atomic mass is 10.3. The number of nitrogens with zero attached hydrogens (tertiary/aromatic N) is 4. The summed E-state index contributed by atoms with van der Waals surface area (Å²) >= 11 is 9.57. The Balaban J connectivity index is 2.05. The lowest BCUT2D eigenvalue weighted by Gasteiger charge is -2.14. The Kier molecular flexibility index (Phi) is 5.28. The van der Waals surface area contributed by atoms with Gasteiger partial charge in [0.2, 0.25) is 5.91 Å². The van der Waals surface area contributed by atoms with Crippen molar-refractivity contribution in [2.45, 2.75) is 46.8 Å². The average Bonchev–Trinajstić information content (AvgIpc) is 2.98. The number of rotatable bonds is 5. The molecule has 0 saturated heterocycles. The third-order valence-corrected chi connectivity index (χ3v) is 4.73. The maximum absolute atomic E-state index is 12.3. The Bertz CT molecular complexity index is 694. The maximum atomic E-state index is 12.3. The summed E-state index contributed by atoms with van der Waals surface area (Å²) in [6.45, 7) is 8.63. The summed E-state index contributed by atoms with van der Waals surface area (Å²) in [6, 6.07) is -0.432. The normalized spacial score (nSPS) is 12.5. The van der Waals surface area contributed by atoms with Crippen molar-refractivity contribution in [1.29, 1.82) is 0 Å². The molecule has 1 unspecified atom stereocenters. The van der Waals surface area contributed by atoms with E-state index in [2.05, 4.69) is 31.4 Å². The van der Waals surface area contributed by atoms with Crippen LogP contribution in [0.2, 0.25) is 5.02 Å². The van der Waals surface area contributed by atoms with E-state index < -0.39 is 6.04 Å². The van der Waals surface area contributed by atoms with E-state index >= 15 is 0 Å². The van der Waals surface area contributed by atoms with Crippen LogP contribution >= 0.6 is 27.5 Å². The first-order valence-electron chi connectivity index (χ1n) is 7.05. The van der Waals surface area contributed by atoms with Crippen LogP contribution in [0.1, 0.15) is 37.0 Å². The number of hydrogen-bond donors (Lipinski definition) is 1. The smallest absolute Gasteiger partial charge is 0.244 e. The molecule has 1 amide bonds. The van der Waals surface area contributed by atoms with Gasteiger partial charge in [0.25, 0.3) is 0 Å². The van der Waals surface area contributed by atoms with Gasteiger partial charge in [0, 0.05) is 12.7 Å². The largest absolute Gasteiger partial charge is 0.348 e. The molecule has 2 aromatic heterocycles. The summed E-state index contributed by atoms with van der Waals surface area (Å²) in [5, 5.41) is 12.2. The van der Waals surface area contributed by atoms with Crippen LogP contribution in [0.4, 0.5) is 0 Å². The van der Waals surface area contributed by atoms with E-state index in [-0.39, 0.29) is 5.91 Å². The van der Waals surface area contributed by atoms with E-state index in [4.69, 9.17) is 11.6 Å². The van der Waals surface area contributed by atoms with Crippen molar-refractivity contribution < 1.29 is 4.79 Å². The summed E-state index contributed by atoms with van der Waals surface area (Å²) in [6.07, 6.45) is 1.89. The fourth-order valence-corrected chi connectivity index (χ4v) is 2.75. The molecule has 0 fully saturated rings. The van der Waals surface area contributed by atoms with Crippen LogP contribution in [0.5, 0.6) is 0 Å². The molecule has 120 valence electrons. The molecule has 0 radical (unpaired) electrons. The van der Waals surface area contributed by atoms with E-state index in [0.717, 1.165) is 28.1 Å². The highest BCUT2D eigenvalue weighted by Gasteiger charge is 2.20. The topological polar surface area (TPSA) is 64.7 Å². The highest BCUT2D eigenvalue weighted by Crippen LogP contribution is 2.22. The molecule has 2 rings (SSSR count). The molecule has 1 atom stereocenters. The van der Waals surface area contributed by atoms with Crippen molar-refractivity contribution >= 4 is 33.4 Å². The SMILES string of the molecule is CCn1cc(Br)c(CNC(=O)C(C)n2nc(C)c(Cl)c2C)n1. The average molecular weight is 389 g/mol. The second-order valence-corrected chi connectivity index (χ2v) is 6.33. The molecule has 8 heteroatoms. The lowest BCUT2D eigenvalue weighted by Crippen LogP contribution is -2.31. The molecule has 2 aromatic rings. The summed E-state index contributed by atoms with van der Waals surface area (Å²) in [5.74, 6) is -0.125. The first-order valence-corrected chi connectivity index (χ1v) is 8.23. The van der Waals surface area contributed by atoms with Crippen LogP contribution < -0.4 is 5.32 Å². The van der Waals surface area contributed by atoms with E-state index in [1.54, 1.807) is 11.6 Å². The summed E-state index contributed by atoms with van der Waals surface area (Å²) in [4.78, 5) is 12.3. The van der Waals surface area contributed by atoms with Crippen molar-refractivity contribution in [1.82, 2.24) is 24.9 Å². The van der Waals surface area contributed by atoms with Crippen LogP contribution in [-0.4, -0.2) is 25.5 Å². The summed E-state index contributed by atoms with van der Waals surface area (Å²) < 4.78 is 4.35. The van der Waals surface area contributed by atoms with E-state index in [0.29, 0.717) is 11.6 Å². The molecular formula is C14H19BrClN5O. The molecule has 0 spiro atoms. The molecule has 1 N–H and O–H groups in total. The molecule has 22 heavy (non-hydrogen) atoms. The molecule has 2 heterocycles. The van der Waals surface area contributed by atoms with Gasteiger partial charge in [-0.15, -0.1) is 0 Å². The van der Waals surface area contributed by atoms with Gasteiger partial charge in [-0.2, -0.15) is 10.2 Å². The second-order valence-electron chi connectivity index (χ2n) is 5.10. The molecule has 6 nitrogen and oxygen atoms in total. The van der Waals surface area contributed by atoms with E-state index in [1.165, 1.54) is 0 Å². The van der Waals surface area contributed by atoms with Crippen molar-refractivity contribution in [2.24, 2.45) is 0 Å². The molecule has 0 bridgehead atoms. The van der Waals surface area contributed by atoms with Gasteiger partial charge in [0.1, 0.15) is 6.04 Å². The zero-order chi connectivity index (χ0) is 16.4. The number of aromatic nitrogens is 4. The molecule has 0 saturated carbocycles. The first kappa shape index (κ1) is 17.0. The van der Waals surface area contributed by atoms with Gasteiger partial charge in [-0.25, -0.2) is 0 Å². The van der Waals surface area contributed by atoms with Gasteiger partial charge in [-0.05, 0) is 43.6 Å². The molecular weight excluding hydrogens is 370 g/mol. The number of nitrogens with one attached hydrogen (secondary N) is 1. The monoisotopic (exact) mass is 387 g/mol. The third-order valence-electron chi connectivity index (χ3n) is 3.52. The predicted molar refractivity (Wildman–Crippen MR) is 88.9 cm³/mol. The Morgan fingerprint density at radius 1 is 1.45 bits per heavy atom. The Labute approximate surface area is 143 Å². The fraction of sp³-hybridized carbons (Fsp3) is 0.500. The van der Waals surface area contributed by atoms with Crippen molar-refractivity contribution in [3.8, 4) is 0 Å². The van der Waals surface area contributed by atoms with Crippen LogP contribution in [0.3, 0.4) is 0 Å². The zero-order valence-corrected chi connectivity index (χ0v) is 15.4. The third kappa shape index (κ3) is 3.35. The highest BCUT2D eigenvalue weighted by atomic mass is 79.9. The number of amides is 1. The van der Waals surface area contributed by atoms with Crippen molar-refractivity contribution in [3.63, 3.8) is 0 Å². The number of halogens is 2. The van der Waals surface area contributed by atoms with Crippen LogP contribution in [-0.2, 0) is 17.9 Å². The van der Waals surface area contributed by atoms with E-state index in [1.807, 2.05) is 31.6 Å².